The van der Waals surface area contributed by atoms with Crippen molar-refractivity contribution >= 4 is 22.2 Å². The molecule has 0 unspecified atom stereocenters. The minimum Gasteiger partial charge on any atom is -0.356 e. The van der Waals surface area contributed by atoms with Gasteiger partial charge >= 0.3 is 0 Å². The molecule has 114 valence electrons. The summed E-state index contributed by atoms with van der Waals surface area (Å²) in [6.07, 6.45) is 3.80. The molecule has 0 saturated carbocycles. The van der Waals surface area contributed by atoms with Crippen molar-refractivity contribution in [1.29, 1.82) is 0 Å². The number of hydrogen-bond acceptors (Lipinski definition) is 4. The Morgan fingerprint density at radius 3 is 2.91 bits per heavy atom. The number of amides is 1. The number of aryl methyl sites for hydroxylation is 2. The van der Waals surface area contributed by atoms with Crippen molar-refractivity contribution in [3.8, 4) is 0 Å². The molecule has 0 radical (unpaired) electrons. The summed E-state index contributed by atoms with van der Waals surface area (Å²) >= 11 is 1.56. The Labute approximate surface area is 133 Å². The van der Waals surface area contributed by atoms with E-state index >= 15 is 0 Å². The number of nitrogens with one attached hydrogen (secondary N) is 1. The third-order valence-electron chi connectivity index (χ3n) is 3.59. The molecule has 0 spiro atoms. The molecule has 1 N–H and O–H groups in total. The van der Waals surface area contributed by atoms with E-state index in [0.29, 0.717) is 13.0 Å². The molecule has 5 nitrogen and oxygen atoms in total. The zero-order chi connectivity index (χ0) is 15.4. The Bertz CT molecular complexity index is 760. The van der Waals surface area contributed by atoms with Crippen LogP contribution in [0, 0.1) is 6.92 Å². The van der Waals surface area contributed by atoms with Gasteiger partial charge in [0.15, 0.2) is 0 Å². The van der Waals surface area contributed by atoms with E-state index in [2.05, 4.69) is 52.1 Å². The summed E-state index contributed by atoms with van der Waals surface area (Å²) in [4.78, 5) is 12.8. The highest BCUT2D eigenvalue weighted by atomic mass is 32.1. The number of thiazole rings is 1. The number of aromatic nitrogens is 3. The van der Waals surface area contributed by atoms with E-state index < -0.39 is 0 Å². The van der Waals surface area contributed by atoms with Crippen LogP contribution in [0.1, 0.15) is 23.2 Å². The fraction of sp³-hybridized carbons (Fsp3) is 0.312. The second-order valence-electron chi connectivity index (χ2n) is 5.30. The molecule has 1 amide bonds. The van der Waals surface area contributed by atoms with Crippen LogP contribution >= 0.6 is 11.3 Å². The molecule has 1 aromatic carbocycles. The second kappa shape index (κ2) is 6.70. The van der Waals surface area contributed by atoms with Crippen LogP contribution in [0.3, 0.4) is 0 Å². The molecular formula is C16H18N4OS. The van der Waals surface area contributed by atoms with Crippen LogP contribution in [0.25, 0.3) is 4.96 Å². The van der Waals surface area contributed by atoms with Crippen LogP contribution in [-0.4, -0.2) is 27.0 Å². The fourth-order valence-electron chi connectivity index (χ4n) is 2.29. The van der Waals surface area contributed by atoms with E-state index in [1.54, 1.807) is 17.7 Å². The number of fused-ring (bicyclic) bond motifs is 1. The topological polar surface area (TPSA) is 59.3 Å². The summed E-state index contributed by atoms with van der Waals surface area (Å²) in [5.41, 5.74) is 3.57. The molecule has 0 aliphatic heterocycles. The molecule has 3 aromatic rings. The van der Waals surface area contributed by atoms with Gasteiger partial charge in [0, 0.05) is 30.5 Å². The molecule has 3 rings (SSSR count). The molecule has 0 saturated heterocycles. The molecule has 22 heavy (non-hydrogen) atoms. The van der Waals surface area contributed by atoms with Gasteiger partial charge in [0.25, 0.3) is 0 Å². The first-order valence-corrected chi connectivity index (χ1v) is 8.19. The van der Waals surface area contributed by atoms with E-state index in [9.17, 15) is 4.79 Å². The smallest absolute Gasteiger partial charge is 0.220 e. The number of benzene rings is 1. The van der Waals surface area contributed by atoms with Crippen molar-refractivity contribution in [2.45, 2.75) is 26.2 Å². The summed E-state index contributed by atoms with van der Waals surface area (Å²) in [7, 11) is 0. The Morgan fingerprint density at radius 1 is 1.27 bits per heavy atom. The number of hydrogen-bond donors (Lipinski definition) is 1. The van der Waals surface area contributed by atoms with Gasteiger partial charge in [-0.3, -0.25) is 9.20 Å². The number of nitrogens with zero attached hydrogens (tertiary/aromatic N) is 3. The lowest BCUT2D eigenvalue weighted by atomic mass is 10.1. The van der Waals surface area contributed by atoms with Gasteiger partial charge in [0.05, 0.1) is 0 Å². The predicted octanol–water partition coefficient (Wildman–Crippen LogP) is 2.39. The SMILES string of the molecule is Cc1ccc(CCC(=O)NCCc2csc3nncn23)cc1. The van der Waals surface area contributed by atoms with E-state index in [4.69, 9.17) is 0 Å². The molecule has 0 aliphatic carbocycles. The van der Waals surface area contributed by atoms with Gasteiger partial charge in [-0.15, -0.1) is 21.5 Å². The quantitative estimate of drug-likeness (QED) is 0.760. The Hall–Kier alpha value is -2.21. The lowest BCUT2D eigenvalue weighted by molar-refractivity contribution is -0.121. The summed E-state index contributed by atoms with van der Waals surface area (Å²) in [6.45, 7) is 2.70. The van der Waals surface area contributed by atoms with Gasteiger partial charge in [0.1, 0.15) is 6.33 Å². The van der Waals surface area contributed by atoms with Crippen molar-refractivity contribution in [2.75, 3.05) is 6.54 Å². The van der Waals surface area contributed by atoms with Gasteiger partial charge in [-0.25, -0.2) is 0 Å². The van der Waals surface area contributed by atoms with E-state index in [0.717, 1.165) is 23.5 Å². The highest BCUT2D eigenvalue weighted by molar-refractivity contribution is 7.15. The first-order chi connectivity index (χ1) is 10.7. The van der Waals surface area contributed by atoms with Crippen LogP contribution in [0.4, 0.5) is 0 Å². The number of carbonyl (C=O) groups excluding carboxylic acids is 1. The van der Waals surface area contributed by atoms with Crippen molar-refractivity contribution in [1.82, 2.24) is 19.9 Å². The molecule has 0 fully saturated rings. The summed E-state index contributed by atoms with van der Waals surface area (Å²) in [6, 6.07) is 8.32. The molecular weight excluding hydrogens is 296 g/mol. The van der Waals surface area contributed by atoms with Crippen molar-refractivity contribution in [3.63, 3.8) is 0 Å². The monoisotopic (exact) mass is 314 g/mol. The van der Waals surface area contributed by atoms with Crippen molar-refractivity contribution in [3.05, 3.63) is 52.8 Å². The van der Waals surface area contributed by atoms with Crippen LogP contribution in [0.2, 0.25) is 0 Å². The molecule has 2 aromatic heterocycles. The van der Waals surface area contributed by atoms with Gasteiger partial charge < -0.3 is 5.32 Å². The maximum atomic E-state index is 11.9. The average Bonchev–Trinajstić information content (AvgIpc) is 3.11. The minimum atomic E-state index is 0.0933. The molecule has 0 atom stereocenters. The van der Waals surface area contributed by atoms with Gasteiger partial charge in [-0.05, 0) is 18.9 Å². The van der Waals surface area contributed by atoms with Crippen LogP contribution in [-0.2, 0) is 17.6 Å². The van der Waals surface area contributed by atoms with Crippen molar-refractivity contribution < 1.29 is 4.79 Å². The molecule has 6 heteroatoms. The van der Waals surface area contributed by atoms with Crippen LogP contribution in [0.5, 0.6) is 0 Å². The Kier molecular flexibility index (Phi) is 4.48. The predicted molar refractivity (Wildman–Crippen MR) is 87.1 cm³/mol. The normalized spacial score (nSPS) is 11.0. The highest BCUT2D eigenvalue weighted by Gasteiger charge is 2.06. The largest absolute Gasteiger partial charge is 0.356 e. The number of rotatable bonds is 6. The zero-order valence-corrected chi connectivity index (χ0v) is 13.3. The van der Waals surface area contributed by atoms with E-state index in [1.165, 1.54) is 11.1 Å². The first-order valence-electron chi connectivity index (χ1n) is 7.31. The zero-order valence-electron chi connectivity index (χ0n) is 12.5. The van der Waals surface area contributed by atoms with Crippen LogP contribution < -0.4 is 5.32 Å². The first kappa shape index (κ1) is 14.7. The van der Waals surface area contributed by atoms with E-state index in [1.807, 2.05) is 4.40 Å². The minimum absolute atomic E-state index is 0.0933. The summed E-state index contributed by atoms with van der Waals surface area (Å²) < 4.78 is 1.96. The van der Waals surface area contributed by atoms with Gasteiger partial charge in [-0.2, -0.15) is 0 Å². The summed E-state index contributed by atoms with van der Waals surface area (Å²) in [5, 5.41) is 12.9. The average molecular weight is 314 g/mol. The van der Waals surface area contributed by atoms with Gasteiger partial charge in [0.2, 0.25) is 10.9 Å². The highest BCUT2D eigenvalue weighted by Crippen LogP contribution is 2.13. The van der Waals surface area contributed by atoms with Crippen molar-refractivity contribution in [2.24, 2.45) is 0 Å². The molecule has 0 bridgehead atoms. The third-order valence-corrected chi connectivity index (χ3v) is 4.47. The lowest BCUT2D eigenvalue weighted by Crippen LogP contribution is -2.26. The number of carbonyl (C=O) groups is 1. The van der Waals surface area contributed by atoms with Gasteiger partial charge in [-0.1, -0.05) is 29.8 Å². The molecule has 2 heterocycles. The third kappa shape index (κ3) is 3.51. The molecule has 0 aliphatic rings. The second-order valence-corrected chi connectivity index (χ2v) is 6.13. The summed E-state index contributed by atoms with van der Waals surface area (Å²) in [5.74, 6) is 0.0933. The lowest BCUT2D eigenvalue weighted by Gasteiger charge is -2.05. The Morgan fingerprint density at radius 2 is 2.09 bits per heavy atom. The van der Waals surface area contributed by atoms with E-state index in [-0.39, 0.29) is 5.91 Å². The maximum Gasteiger partial charge on any atom is 0.220 e. The fourth-order valence-corrected chi connectivity index (χ4v) is 3.13. The maximum absolute atomic E-state index is 11.9. The van der Waals surface area contributed by atoms with Crippen LogP contribution in [0.15, 0.2) is 36.0 Å². The standard InChI is InChI=1S/C16H18N4OS/c1-12-2-4-13(5-3-12)6-7-15(21)17-9-8-14-10-22-16-19-18-11-20(14)16/h2-5,10-11H,6-9H2,1H3,(H,17,21). The Balaban J connectivity index is 1.42.